The van der Waals surface area contributed by atoms with Crippen LogP contribution in [0.4, 0.5) is 10.1 Å². The van der Waals surface area contributed by atoms with Crippen molar-refractivity contribution in [3.63, 3.8) is 0 Å². The topological polar surface area (TPSA) is 46.6 Å². The molecule has 124 valence electrons. The van der Waals surface area contributed by atoms with Crippen LogP contribution in [0.15, 0.2) is 60.7 Å². The molecule has 0 aliphatic heterocycles. The highest BCUT2D eigenvalue weighted by atomic mass is 19.1. The highest BCUT2D eigenvalue weighted by molar-refractivity contribution is 5.98. The van der Waals surface area contributed by atoms with E-state index in [9.17, 15) is 14.0 Å². The van der Waals surface area contributed by atoms with Crippen LogP contribution in [0.25, 0.3) is 6.08 Å². The molecule has 5 heteroatoms. The van der Waals surface area contributed by atoms with Crippen molar-refractivity contribution in [3.8, 4) is 0 Å². The molecule has 0 N–H and O–H groups in total. The Labute approximate surface area is 140 Å². The van der Waals surface area contributed by atoms with E-state index in [1.807, 2.05) is 18.2 Å². The molecule has 1 amide bonds. The van der Waals surface area contributed by atoms with Crippen molar-refractivity contribution < 1.29 is 18.7 Å². The minimum atomic E-state index is -0.916. The van der Waals surface area contributed by atoms with Gasteiger partial charge in [0.05, 0.1) is 0 Å². The number of hydrogen-bond acceptors (Lipinski definition) is 3. The quantitative estimate of drug-likeness (QED) is 0.624. The van der Waals surface area contributed by atoms with E-state index in [0.29, 0.717) is 11.3 Å². The van der Waals surface area contributed by atoms with Crippen molar-refractivity contribution in [2.24, 2.45) is 0 Å². The third-order valence-corrected chi connectivity index (χ3v) is 3.40. The van der Waals surface area contributed by atoms with Crippen LogP contribution in [0.1, 0.15) is 12.5 Å². The Bertz CT molecular complexity index is 726. The van der Waals surface area contributed by atoms with Gasteiger partial charge in [-0.15, -0.1) is 0 Å². The molecule has 4 nitrogen and oxygen atoms in total. The second kappa shape index (κ2) is 8.06. The first-order chi connectivity index (χ1) is 11.5. The maximum atomic E-state index is 12.8. The maximum Gasteiger partial charge on any atom is 0.331 e. The van der Waals surface area contributed by atoms with Crippen LogP contribution in [0.5, 0.6) is 0 Å². The number of amides is 1. The van der Waals surface area contributed by atoms with Crippen molar-refractivity contribution in [2.45, 2.75) is 13.0 Å². The van der Waals surface area contributed by atoms with Crippen molar-refractivity contribution in [3.05, 3.63) is 72.1 Å². The zero-order chi connectivity index (χ0) is 17.5. The average molecular weight is 327 g/mol. The Morgan fingerprint density at radius 3 is 2.33 bits per heavy atom. The van der Waals surface area contributed by atoms with Crippen LogP contribution in [-0.2, 0) is 14.3 Å². The molecule has 0 aromatic heterocycles. The molecule has 2 aromatic rings. The van der Waals surface area contributed by atoms with Gasteiger partial charge in [0, 0.05) is 18.8 Å². The SMILES string of the molecule is C[C@@H](OC(=O)/C=C/c1ccc(F)cc1)C(=O)N(C)c1ccccc1. The van der Waals surface area contributed by atoms with Gasteiger partial charge in [0.1, 0.15) is 5.82 Å². The van der Waals surface area contributed by atoms with Crippen LogP contribution in [-0.4, -0.2) is 25.0 Å². The maximum absolute atomic E-state index is 12.8. The molecule has 0 saturated carbocycles. The molecule has 0 aliphatic carbocycles. The zero-order valence-corrected chi connectivity index (χ0v) is 13.5. The van der Waals surface area contributed by atoms with Crippen molar-refractivity contribution >= 4 is 23.6 Å². The summed E-state index contributed by atoms with van der Waals surface area (Å²) in [5.41, 5.74) is 1.38. The van der Waals surface area contributed by atoms with Crippen LogP contribution in [0.3, 0.4) is 0 Å². The molecule has 0 radical (unpaired) electrons. The summed E-state index contributed by atoms with van der Waals surface area (Å²) in [7, 11) is 1.62. The van der Waals surface area contributed by atoms with E-state index in [2.05, 4.69) is 0 Å². The summed E-state index contributed by atoms with van der Waals surface area (Å²) in [6, 6.07) is 14.8. The van der Waals surface area contributed by atoms with E-state index in [-0.39, 0.29) is 11.7 Å². The zero-order valence-electron chi connectivity index (χ0n) is 13.5. The number of anilines is 1. The predicted octanol–water partition coefficient (Wildman–Crippen LogP) is 3.43. The molecule has 1 atom stereocenters. The molecule has 0 aliphatic rings. The first-order valence-corrected chi connectivity index (χ1v) is 7.44. The minimum absolute atomic E-state index is 0.329. The van der Waals surface area contributed by atoms with Crippen LogP contribution in [0, 0.1) is 5.82 Å². The fourth-order valence-corrected chi connectivity index (χ4v) is 2.05. The Hall–Kier alpha value is -2.95. The number of carbonyl (C=O) groups is 2. The van der Waals surface area contributed by atoms with Crippen LogP contribution < -0.4 is 4.90 Å². The summed E-state index contributed by atoms with van der Waals surface area (Å²) in [4.78, 5) is 25.5. The van der Waals surface area contributed by atoms with E-state index >= 15 is 0 Å². The van der Waals surface area contributed by atoms with Gasteiger partial charge in [0.15, 0.2) is 6.10 Å². The number of halogens is 1. The number of hydrogen-bond donors (Lipinski definition) is 0. The number of carbonyl (C=O) groups excluding carboxylic acids is 2. The lowest BCUT2D eigenvalue weighted by Crippen LogP contribution is -2.37. The lowest BCUT2D eigenvalue weighted by Gasteiger charge is -2.21. The first-order valence-electron chi connectivity index (χ1n) is 7.44. The standard InChI is InChI=1S/C19H18FNO3/c1-14(19(23)21(2)17-6-4-3-5-7-17)24-18(22)13-10-15-8-11-16(20)12-9-15/h3-14H,1-2H3/b13-10+/t14-/m1/s1. The Morgan fingerprint density at radius 1 is 1.08 bits per heavy atom. The van der Waals surface area contributed by atoms with Gasteiger partial charge in [-0.3, -0.25) is 4.79 Å². The van der Waals surface area contributed by atoms with Crippen LogP contribution >= 0.6 is 0 Å². The van der Waals surface area contributed by atoms with E-state index in [0.717, 1.165) is 0 Å². The Balaban J connectivity index is 1.93. The number of likely N-dealkylation sites (N-methyl/N-ethyl adjacent to an activating group) is 1. The molecular formula is C19H18FNO3. The second-order valence-corrected chi connectivity index (χ2v) is 5.20. The molecule has 0 bridgehead atoms. The Morgan fingerprint density at radius 2 is 1.71 bits per heavy atom. The number of nitrogens with zero attached hydrogens (tertiary/aromatic N) is 1. The molecule has 0 fully saturated rings. The predicted molar refractivity (Wildman–Crippen MR) is 90.8 cm³/mol. The monoisotopic (exact) mass is 327 g/mol. The van der Waals surface area contributed by atoms with Crippen molar-refractivity contribution in [1.29, 1.82) is 0 Å². The smallest absolute Gasteiger partial charge is 0.331 e. The van der Waals surface area contributed by atoms with E-state index < -0.39 is 12.1 Å². The Kier molecular flexibility index (Phi) is 5.84. The second-order valence-electron chi connectivity index (χ2n) is 5.20. The fraction of sp³-hybridized carbons (Fsp3) is 0.158. The van der Waals surface area contributed by atoms with E-state index in [1.54, 1.807) is 19.2 Å². The lowest BCUT2D eigenvalue weighted by molar-refractivity contribution is -0.148. The average Bonchev–Trinajstić information content (AvgIpc) is 2.60. The summed E-state index contributed by atoms with van der Waals surface area (Å²) in [6.45, 7) is 1.52. The van der Waals surface area contributed by atoms with Crippen molar-refractivity contribution in [1.82, 2.24) is 0 Å². The van der Waals surface area contributed by atoms with Gasteiger partial charge in [-0.1, -0.05) is 30.3 Å². The fourth-order valence-electron chi connectivity index (χ4n) is 2.05. The molecular weight excluding hydrogens is 309 g/mol. The van der Waals surface area contributed by atoms with Crippen LogP contribution in [0.2, 0.25) is 0 Å². The third kappa shape index (κ3) is 4.78. The molecule has 0 heterocycles. The van der Waals surface area contributed by atoms with Gasteiger partial charge >= 0.3 is 5.97 Å². The first kappa shape index (κ1) is 17.4. The lowest BCUT2D eigenvalue weighted by atomic mass is 10.2. The summed E-state index contributed by atoms with van der Waals surface area (Å²) in [5, 5.41) is 0. The van der Waals surface area contributed by atoms with Gasteiger partial charge in [0.25, 0.3) is 5.91 Å². The summed E-state index contributed by atoms with van der Waals surface area (Å²) in [5.74, 6) is -1.32. The summed E-state index contributed by atoms with van der Waals surface area (Å²) < 4.78 is 17.9. The molecule has 0 saturated heterocycles. The number of para-hydroxylation sites is 1. The summed E-state index contributed by atoms with van der Waals surface area (Å²) >= 11 is 0. The molecule has 2 aromatic carbocycles. The number of ether oxygens (including phenoxy) is 1. The van der Waals surface area contributed by atoms with E-state index in [4.69, 9.17) is 4.74 Å². The summed E-state index contributed by atoms with van der Waals surface area (Å²) in [6.07, 6.45) is 1.79. The van der Waals surface area contributed by atoms with Gasteiger partial charge in [0.2, 0.25) is 0 Å². The highest BCUT2D eigenvalue weighted by Crippen LogP contribution is 2.13. The van der Waals surface area contributed by atoms with Gasteiger partial charge in [-0.05, 0) is 42.8 Å². The molecule has 0 spiro atoms. The number of esters is 1. The number of benzene rings is 2. The number of rotatable bonds is 5. The highest BCUT2D eigenvalue weighted by Gasteiger charge is 2.21. The molecule has 24 heavy (non-hydrogen) atoms. The van der Waals surface area contributed by atoms with Gasteiger partial charge < -0.3 is 9.64 Å². The third-order valence-electron chi connectivity index (χ3n) is 3.40. The largest absolute Gasteiger partial charge is 0.449 e. The molecule has 2 rings (SSSR count). The normalized spacial score (nSPS) is 12.0. The van der Waals surface area contributed by atoms with Crippen molar-refractivity contribution in [2.75, 3.05) is 11.9 Å². The minimum Gasteiger partial charge on any atom is -0.449 e. The van der Waals surface area contributed by atoms with Gasteiger partial charge in [-0.2, -0.15) is 0 Å². The van der Waals surface area contributed by atoms with E-state index in [1.165, 1.54) is 48.2 Å². The molecule has 0 unspecified atom stereocenters. The van der Waals surface area contributed by atoms with Gasteiger partial charge in [-0.25, -0.2) is 9.18 Å².